The zero-order valence-electron chi connectivity index (χ0n) is 38.1. The molecule has 0 aliphatic carbocycles. The molecule has 0 spiro atoms. The van der Waals surface area contributed by atoms with Gasteiger partial charge in [0.1, 0.15) is 0 Å². The van der Waals surface area contributed by atoms with Crippen molar-refractivity contribution >= 4 is 21.8 Å². The van der Waals surface area contributed by atoms with Gasteiger partial charge in [-0.05, 0) is 80.9 Å². The summed E-state index contributed by atoms with van der Waals surface area (Å²) in [4.78, 5) is 5.71. The summed E-state index contributed by atoms with van der Waals surface area (Å²) in [6.07, 6.45) is 0. The molecular formula is C67H48N2. The molecule has 0 saturated heterocycles. The van der Waals surface area contributed by atoms with Crippen LogP contribution in [-0.2, 0) is 10.8 Å². The quantitative estimate of drug-likeness (QED) is 0.118. The van der Waals surface area contributed by atoms with Crippen molar-refractivity contribution in [2.24, 2.45) is 0 Å². The van der Waals surface area contributed by atoms with E-state index in [-0.39, 0.29) is 0 Å². The highest BCUT2D eigenvalue weighted by Crippen LogP contribution is 2.48. The first-order valence-electron chi connectivity index (χ1n) is 23.8. The highest BCUT2D eigenvalue weighted by atomic mass is 15.0. The molecule has 0 unspecified atom stereocenters. The van der Waals surface area contributed by atoms with Crippen LogP contribution in [0, 0.1) is 0 Å². The summed E-state index contributed by atoms with van der Waals surface area (Å²) in [5.74, 6) is 0. The molecule has 0 N–H and O–H groups in total. The topological polar surface area (TPSA) is 17.8 Å². The van der Waals surface area contributed by atoms with E-state index in [1.807, 2.05) is 0 Å². The average molecular weight is 881 g/mol. The molecule has 2 nitrogen and oxygen atoms in total. The molecule has 0 saturated carbocycles. The number of pyridine rings is 1. The number of rotatable bonds is 11. The highest BCUT2D eigenvalue weighted by Gasteiger charge is 2.40. The van der Waals surface area contributed by atoms with Gasteiger partial charge in [0.25, 0.3) is 0 Å². The second kappa shape index (κ2) is 17.8. The fraction of sp³-hybridized carbons (Fsp3) is 0.0299. The Bertz CT molecular complexity index is 3260. The van der Waals surface area contributed by atoms with E-state index in [0.29, 0.717) is 0 Å². The van der Waals surface area contributed by atoms with Gasteiger partial charge in [-0.2, -0.15) is 0 Å². The molecule has 2 heteroatoms. The van der Waals surface area contributed by atoms with Crippen LogP contribution < -0.4 is 0 Å². The van der Waals surface area contributed by atoms with Crippen molar-refractivity contribution in [1.82, 2.24) is 9.55 Å². The Hall–Kier alpha value is -8.85. The molecule has 326 valence electrons. The molecule has 0 atom stereocenters. The lowest BCUT2D eigenvalue weighted by Gasteiger charge is -2.37. The van der Waals surface area contributed by atoms with Crippen LogP contribution in [0.25, 0.3) is 50.0 Å². The molecule has 0 aliphatic rings. The van der Waals surface area contributed by atoms with Gasteiger partial charge in [-0.25, -0.2) is 4.98 Å². The molecule has 10 aromatic carbocycles. The smallest absolute Gasteiger partial charge is 0.0730 e. The van der Waals surface area contributed by atoms with Gasteiger partial charge in [0.2, 0.25) is 0 Å². The summed E-state index contributed by atoms with van der Waals surface area (Å²) in [5, 5.41) is 2.43. The molecule has 0 bridgehead atoms. The van der Waals surface area contributed by atoms with Gasteiger partial charge in [-0.3, -0.25) is 0 Å². The summed E-state index contributed by atoms with van der Waals surface area (Å²) >= 11 is 0. The highest BCUT2D eigenvalue weighted by molar-refractivity contribution is 6.09. The SMILES string of the molecule is c1ccc(C(c2ccccc2)(c2ccccc2)c2cccc(-c3cc(-n4c5ccccc5c5ccccc54)cc(-c4cccc(C(c5ccccc5)(c5ccccc5)c5ccccc5)c4)n3)c2)cc1. The molecule has 0 radical (unpaired) electrons. The summed E-state index contributed by atoms with van der Waals surface area (Å²) < 4.78 is 2.41. The summed E-state index contributed by atoms with van der Waals surface area (Å²) in [6, 6.07) is 106. The van der Waals surface area contributed by atoms with Crippen LogP contribution in [0.15, 0.2) is 291 Å². The van der Waals surface area contributed by atoms with Crippen molar-refractivity contribution in [2.45, 2.75) is 10.8 Å². The van der Waals surface area contributed by atoms with Gasteiger partial charge >= 0.3 is 0 Å². The van der Waals surface area contributed by atoms with Crippen molar-refractivity contribution in [3.63, 3.8) is 0 Å². The monoisotopic (exact) mass is 880 g/mol. The van der Waals surface area contributed by atoms with Crippen molar-refractivity contribution in [2.75, 3.05) is 0 Å². The first kappa shape index (κ1) is 41.6. The summed E-state index contributed by atoms with van der Waals surface area (Å²) in [7, 11) is 0. The fourth-order valence-electron chi connectivity index (χ4n) is 11.1. The predicted molar refractivity (Wildman–Crippen MR) is 286 cm³/mol. The fourth-order valence-corrected chi connectivity index (χ4v) is 11.1. The van der Waals surface area contributed by atoms with Crippen LogP contribution in [0.5, 0.6) is 0 Å². The van der Waals surface area contributed by atoms with Crippen molar-refractivity contribution < 1.29 is 0 Å². The third-order valence-electron chi connectivity index (χ3n) is 14.1. The maximum Gasteiger partial charge on any atom is 0.0730 e. The van der Waals surface area contributed by atoms with Gasteiger partial charge in [0.15, 0.2) is 0 Å². The zero-order chi connectivity index (χ0) is 46.0. The minimum atomic E-state index is -0.614. The Kier molecular flexibility index (Phi) is 10.7. The number of hydrogen-bond donors (Lipinski definition) is 0. The third-order valence-corrected chi connectivity index (χ3v) is 14.1. The normalized spacial score (nSPS) is 11.8. The third kappa shape index (κ3) is 7.08. The van der Waals surface area contributed by atoms with Crippen molar-refractivity contribution in [3.05, 3.63) is 336 Å². The van der Waals surface area contributed by atoms with E-state index in [2.05, 4.69) is 296 Å². The molecular weight excluding hydrogens is 833 g/mol. The number of para-hydroxylation sites is 2. The molecule has 0 aliphatic heterocycles. The maximum atomic E-state index is 5.71. The maximum absolute atomic E-state index is 5.71. The van der Waals surface area contributed by atoms with Crippen LogP contribution in [0.2, 0.25) is 0 Å². The van der Waals surface area contributed by atoms with E-state index in [9.17, 15) is 0 Å². The molecule has 12 aromatic rings. The molecule has 2 heterocycles. The van der Waals surface area contributed by atoms with Crippen LogP contribution in [0.4, 0.5) is 0 Å². The van der Waals surface area contributed by atoms with E-state index in [1.54, 1.807) is 0 Å². The van der Waals surface area contributed by atoms with E-state index < -0.39 is 10.8 Å². The Labute approximate surface area is 404 Å². The Morgan fingerprint density at radius 3 is 0.841 bits per heavy atom. The van der Waals surface area contributed by atoms with Gasteiger partial charge in [0.05, 0.1) is 38.9 Å². The Morgan fingerprint density at radius 1 is 0.246 bits per heavy atom. The predicted octanol–water partition coefficient (Wildman–Crippen LogP) is 16.3. The molecule has 0 amide bonds. The lowest BCUT2D eigenvalue weighted by Crippen LogP contribution is -2.31. The van der Waals surface area contributed by atoms with Gasteiger partial charge in [0, 0.05) is 21.9 Å². The van der Waals surface area contributed by atoms with Gasteiger partial charge in [-0.15, -0.1) is 0 Å². The first-order chi connectivity index (χ1) is 34.2. The molecule has 12 rings (SSSR count). The molecule has 0 fully saturated rings. The van der Waals surface area contributed by atoms with Gasteiger partial charge in [-0.1, -0.05) is 255 Å². The number of nitrogens with zero attached hydrogens (tertiary/aromatic N) is 2. The number of aromatic nitrogens is 2. The number of benzene rings is 10. The second-order valence-corrected chi connectivity index (χ2v) is 17.8. The second-order valence-electron chi connectivity index (χ2n) is 17.8. The zero-order valence-corrected chi connectivity index (χ0v) is 38.1. The summed E-state index contributed by atoms with van der Waals surface area (Å²) in [6.45, 7) is 0. The Morgan fingerprint density at radius 2 is 0.522 bits per heavy atom. The number of fused-ring (bicyclic) bond motifs is 3. The summed E-state index contributed by atoms with van der Waals surface area (Å²) in [5.41, 5.74) is 15.5. The molecule has 69 heavy (non-hydrogen) atoms. The van der Waals surface area contributed by atoms with Crippen molar-refractivity contribution in [1.29, 1.82) is 0 Å². The van der Waals surface area contributed by atoms with Crippen molar-refractivity contribution in [3.8, 4) is 28.2 Å². The molecule has 2 aromatic heterocycles. The average Bonchev–Trinajstić information content (AvgIpc) is 3.78. The van der Waals surface area contributed by atoms with Crippen LogP contribution in [0.3, 0.4) is 0 Å². The first-order valence-corrected chi connectivity index (χ1v) is 23.8. The number of hydrogen-bond acceptors (Lipinski definition) is 1. The minimum Gasteiger partial charge on any atom is -0.309 e. The van der Waals surface area contributed by atoms with Crippen LogP contribution in [0.1, 0.15) is 44.5 Å². The lowest BCUT2D eigenvalue weighted by atomic mass is 9.65. The van der Waals surface area contributed by atoms with E-state index in [4.69, 9.17) is 4.98 Å². The van der Waals surface area contributed by atoms with E-state index >= 15 is 0 Å². The van der Waals surface area contributed by atoms with Crippen LogP contribution in [-0.4, -0.2) is 9.55 Å². The largest absolute Gasteiger partial charge is 0.309 e. The lowest BCUT2D eigenvalue weighted by molar-refractivity contribution is 0.745. The van der Waals surface area contributed by atoms with Gasteiger partial charge < -0.3 is 4.57 Å². The minimum absolute atomic E-state index is 0.614. The standard InChI is InChI=1S/C67H48N2/c1-7-27-51(28-8-1)66(52-29-9-2-10-30-52,53-31-11-3-12-32-53)57-39-23-25-49(45-57)62-47-59(69-64-43-21-19-41-60(64)61-42-20-22-44-65(61)69)48-63(68-62)50-26-24-40-58(46-50)67(54-33-13-4-14-34-54,55-35-15-5-16-36-55)56-37-17-6-18-38-56/h1-48H. The van der Waals surface area contributed by atoms with E-state index in [1.165, 1.54) is 44.2 Å². The van der Waals surface area contributed by atoms with E-state index in [0.717, 1.165) is 50.4 Å². The van der Waals surface area contributed by atoms with Crippen LogP contribution >= 0.6 is 0 Å². The Balaban J connectivity index is 1.13.